The van der Waals surface area contributed by atoms with Crippen LogP contribution < -0.4 is 35.6 Å². The maximum Gasteiger partial charge on any atom is 0.323 e. The second kappa shape index (κ2) is 21.1. The molecule has 4 atom stereocenters. The average Bonchev–Trinajstić information content (AvgIpc) is 3.48. The number of likely N-dealkylation sites (N-methyl/N-ethyl adjacent to an activating group) is 2. The summed E-state index contributed by atoms with van der Waals surface area (Å²) in [7, 11) is 6.05. The number of carbonyl (C=O) groups is 7. The van der Waals surface area contributed by atoms with Gasteiger partial charge >= 0.3 is 11.9 Å². The van der Waals surface area contributed by atoms with Gasteiger partial charge in [-0.05, 0) is 43.9 Å². The Morgan fingerprint density at radius 2 is 1.17 bits per heavy atom. The zero-order valence-corrected chi connectivity index (χ0v) is 33.7. The SMILES string of the molecule is CN[C@H]1CN(C(=O)COC)c2ccccc2N(CC(=O)N[C@H]2CC(=O)OC2OCc2ccccc2)C1=O.CN[C@H]1CN(C(=O)COC)c2ccccc2N(CC(=O)O)C1=O. The number of para-hydroxylation sites is 4. The van der Waals surface area contributed by atoms with Crippen LogP contribution in [0.1, 0.15) is 12.0 Å². The zero-order chi connectivity index (χ0) is 43.3. The molecule has 0 saturated carbocycles. The first-order valence-corrected chi connectivity index (χ1v) is 19.0. The first-order chi connectivity index (χ1) is 28.9. The predicted molar refractivity (Wildman–Crippen MR) is 217 cm³/mol. The summed E-state index contributed by atoms with van der Waals surface area (Å²) in [5, 5.41) is 17.7. The topological polar surface area (TPSA) is 226 Å². The van der Waals surface area contributed by atoms with Gasteiger partial charge in [-0.25, -0.2) is 0 Å². The molecule has 19 nitrogen and oxygen atoms in total. The van der Waals surface area contributed by atoms with Crippen LogP contribution >= 0.6 is 0 Å². The predicted octanol–water partition coefficient (Wildman–Crippen LogP) is 0.260. The normalized spacial score (nSPS) is 19.9. The summed E-state index contributed by atoms with van der Waals surface area (Å²) >= 11 is 0. The average molecular weight is 832 g/mol. The number of amides is 5. The van der Waals surface area contributed by atoms with Gasteiger partial charge < -0.3 is 49.8 Å². The molecule has 6 rings (SSSR count). The van der Waals surface area contributed by atoms with Gasteiger partial charge in [0.15, 0.2) is 0 Å². The van der Waals surface area contributed by atoms with Crippen molar-refractivity contribution in [1.29, 1.82) is 0 Å². The number of anilines is 4. The number of carboxylic acid groups (broad SMARTS) is 1. The van der Waals surface area contributed by atoms with Crippen LogP contribution in [0, 0.1) is 0 Å². The number of carboxylic acids is 1. The lowest BCUT2D eigenvalue weighted by molar-refractivity contribution is -0.168. The molecule has 320 valence electrons. The number of hydrogen-bond donors (Lipinski definition) is 4. The molecule has 3 aliphatic rings. The molecule has 4 N–H and O–H groups in total. The maximum absolute atomic E-state index is 13.4. The number of fused-ring (bicyclic) bond motifs is 2. The maximum atomic E-state index is 13.4. The highest BCUT2D eigenvalue weighted by Crippen LogP contribution is 2.34. The van der Waals surface area contributed by atoms with E-state index in [-0.39, 0.29) is 63.6 Å². The summed E-state index contributed by atoms with van der Waals surface area (Å²) in [5.74, 6) is -3.48. The number of benzene rings is 3. The van der Waals surface area contributed by atoms with Gasteiger partial charge in [-0.1, -0.05) is 54.6 Å². The van der Waals surface area contributed by atoms with Crippen LogP contribution in [0.4, 0.5) is 22.7 Å². The lowest BCUT2D eigenvalue weighted by Gasteiger charge is -2.26. The van der Waals surface area contributed by atoms with Crippen molar-refractivity contribution in [3.05, 3.63) is 84.4 Å². The number of methoxy groups -OCH3 is 2. The number of esters is 1. The summed E-state index contributed by atoms with van der Waals surface area (Å²) in [4.78, 5) is 92.8. The number of carbonyl (C=O) groups excluding carboxylic acids is 6. The summed E-state index contributed by atoms with van der Waals surface area (Å²) in [6.45, 7) is -0.690. The molecule has 3 aromatic carbocycles. The standard InChI is InChI=1S/C26H30N4O7.C15H19N3O5/c1-27-19-13-29(23(32)16-35-2)20-10-6-7-11-21(20)30(25(19)34)14-22(31)28-18-12-24(33)37-26(18)36-15-17-8-4-3-5-9-17;1-16-10-7-17(13(19)9-23-2)11-5-3-4-6-12(11)18(15(10)22)8-14(20)21/h3-11,18-19,26-27H,12-16H2,1-2H3,(H,28,31);3-6,10,16H,7-9H2,1-2H3,(H,20,21)/t18-,19-,26?;10-/m00/s1. The highest BCUT2D eigenvalue weighted by molar-refractivity contribution is 6.10. The Bertz CT molecular complexity index is 2040. The summed E-state index contributed by atoms with van der Waals surface area (Å²) < 4.78 is 20.9. The second-order valence-corrected chi connectivity index (χ2v) is 13.8. The minimum absolute atomic E-state index is 0.0475. The number of hydrogen-bond acceptors (Lipinski definition) is 13. The van der Waals surface area contributed by atoms with Gasteiger partial charge in [-0.15, -0.1) is 0 Å². The molecule has 3 aromatic rings. The molecule has 60 heavy (non-hydrogen) atoms. The highest BCUT2D eigenvalue weighted by Gasteiger charge is 2.40. The molecule has 1 unspecified atom stereocenters. The third-order valence-corrected chi connectivity index (χ3v) is 9.78. The van der Waals surface area contributed by atoms with Crippen molar-refractivity contribution in [3.63, 3.8) is 0 Å². The number of ether oxygens (including phenoxy) is 4. The molecule has 0 bridgehead atoms. The van der Waals surface area contributed by atoms with Crippen molar-refractivity contribution in [3.8, 4) is 0 Å². The van der Waals surface area contributed by atoms with Gasteiger partial charge in [-0.2, -0.15) is 0 Å². The van der Waals surface area contributed by atoms with E-state index in [1.165, 1.54) is 33.8 Å². The van der Waals surface area contributed by atoms with Gasteiger partial charge in [0.2, 0.25) is 24.0 Å². The van der Waals surface area contributed by atoms with Gasteiger partial charge in [0, 0.05) is 14.2 Å². The van der Waals surface area contributed by atoms with Crippen molar-refractivity contribution in [2.75, 3.05) is 87.3 Å². The first kappa shape index (κ1) is 44.8. The van der Waals surface area contributed by atoms with Crippen molar-refractivity contribution in [2.24, 2.45) is 0 Å². The molecule has 1 fully saturated rings. The third-order valence-electron chi connectivity index (χ3n) is 9.78. The van der Waals surface area contributed by atoms with Crippen LogP contribution in [-0.4, -0.2) is 139 Å². The van der Waals surface area contributed by atoms with Crippen LogP contribution in [0.2, 0.25) is 0 Å². The molecule has 3 aliphatic heterocycles. The fourth-order valence-electron chi connectivity index (χ4n) is 6.89. The minimum atomic E-state index is -1.13. The van der Waals surface area contributed by atoms with E-state index in [1.807, 2.05) is 30.3 Å². The van der Waals surface area contributed by atoms with Crippen LogP contribution in [0.25, 0.3) is 0 Å². The second-order valence-electron chi connectivity index (χ2n) is 13.8. The molecule has 1 saturated heterocycles. The van der Waals surface area contributed by atoms with E-state index in [4.69, 9.17) is 24.1 Å². The van der Waals surface area contributed by atoms with Gasteiger partial charge in [0.05, 0.1) is 48.9 Å². The molecule has 0 radical (unpaired) electrons. The Balaban J connectivity index is 0.000000255. The minimum Gasteiger partial charge on any atom is -0.480 e. The van der Waals surface area contributed by atoms with E-state index >= 15 is 0 Å². The largest absolute Gasteiger partial charge is 0.480 e. The number of nitrogens with one attached hydrogen (secondary N) is 3. The summed E-state index contributed by atoms with van der Waals surface area (Å²) in [6, 6.07) is 20.8. The van der Waals surface area contributed by atoms with E-state index in [0.717, 1.165) is 5.56 Å². The fraction of sp³-hybridized carbons (Fsp3) is 0.390. The molecule has 0 spiro atoms. The molecule has 0 aliphatic carbocycles. The lowest BCUT2D eigenvalue weighted by atomic mass is 10.2. The smallest absolute Gasteiger partial charge is 0.323 e. The monoisotopic (exact) mass is 831 g/mol. The van der Waals surface area contributed by atoms with E-state index in [9.17, 15) is 33.6 Å². The highest BCUT2D eigenvalue weighted by atomic mass is 16.7. The number of aliphatic carboxylic acids is 1. The van der Waals surface area contributed by atoms with Crippen molar-refractivity contribution in [1.82, 2.24) is 16.0 Å². The molecular formula is C41H49N7O12. The zero-order valence-electron chi connectivity index (χ0n) is 33.7. The van der Waals surface area contributed by atoms with Crippen LogP contribution in [0.5, 0.6) is 0 Å². The van der Waals surface area contributed by atoms with E-state index in [0.29, 0.717) is 22.7 Å². The van der Waals surface area contributed by atoms with Gasteiger partial charge in [-0.3, -0.25) is 43.4 Å². The fourth-order valence-corrected chi connectivity index (χ4v) is 6.89. The summed E-state index contributed by atoms with van der Waals surface area (Å²) in [6.07, 6.45) is -0.996. The lowest BCUT2D eigenvalue weighted by Crippen LogP contribution is -2.53. The molecular weight excluding hydrogens is 782 g/mol. The van der Waals surface area contributed by atoms with E-state index < -0.39 is 54.7 Å². The van der Waals surface area contributed by atoms with E-state index in [2.05, 4.69) is 16.0 Å². The summed E-state index contributed by atoms with van der Waals surface area (Å²) in [5.41, 5.74) is 2.68. The number of cyclic esters (lactones) is 1. The Morgan fingerprint density at radius 1 is 0.700 bits per heavy atom. The van der Waals surface area contributed by atoms with Crippen LogP contribution in [0.15, 0.2) is 78.9 Å². The van der Waals surface area contributed by atoms with Crippen LogP contribution in [-0.2, 0) is 59.1 Å². The Kier molecular flexibility index (Phi) is 15.8. The Hall–Kier alpha value is -6.25. The van der Waals surface area contributed by atoms with Crippen molar-refractivity contribution in [2.45, 2.75) is 37.4 Å². The molecule has 5 amide bonds. The molecule has 19 heteroatoms. The van der Waals surface area contributed by atoms with Gasteiger partial charge in [0.1, 0.15) is 44.4 Å². The Labute approximate surface area is 346 Å². The molecule has 3 heterocycles. The quantitative estimate of drug-likeness (QED) is 0.160. The first-order valence-electron chi connectivity index (χ1n) is 19.0. The van der Waals surface area contributed by atoms with Crippen LogP contribution in [0.3, 0.4) is 0 Å². The number of rotatable bonds is 14. The van der Waals surface area contributed by atoms with Gasteiger partial charge in [0.25, 0.3) is 11.8 Å². The van der Waals surface area contributed by atoms with E-state index in [1.54, 1.807) is 62.6 Å². The number of nitrogens with zero attached hydrogens (tertiary/aromatic N) is 4. The van der Waals surface area contributed by atoms with Crippen molar-refractivity contribution >= 4 is 64.2 Å². The third kappa shape index (κ3) is 10.9. The Morgan fingerprint density at radius 3 is 1.63 bits per heavy atom. The molecule has 0 aromatic heterocycles. The van der Waals surface area contributed by atoms with Crippen molar-refractivity contribution < 1.29 is 57.6 Å².